The first kappa shape index (κ1) is 30.7. The molecule has 0 aliphatic carbocycles. The molecule has 3 nitrogen and oxygen atoms in total. The zero-order chi connectivity index (χ0) is 35.1. The van der Waals surface area contributed by atoms with Gasteiger partial charge in [0, 0.05) is 33.0 Å². The first-order valence-electron chi connectivity index (χ1n) is 17.9. The summed E-state index contributed by atoms with van der Waals surface area (Å²) in [5.74, 6) is 0.691. The fourth-order valence-electron chi connectivity index (χ4n) is 7.45. The van der Waals surface area contributed by atoms with Gasteiger partial charge in [-0.2, -0.15) is 0 Å². The van der Waals surface area contributed by atoms with Crippen LogP contribution in [0.5, 0.6) is 0 Å². The molecular weight excluding hydrogens is 645 g/mol. The highest BCUT2D eigenvalue weighted by molar-refractivity contribution is 6.19. The quantitative estimate of drug-likeness (QED) is 0.176. The van der Waals surface area contributed by atoms with Gasteiger partial charge in [-0.25, -0.2) is 9.97 Å². The van der Waals surface area contributed by atoms with Crippen molar-refractivity contribution >= 4 is 32.7 Å². The number of benzene rings is 8. The molecule has 0 amide bonds. The summed E-state index contributed by atoms with van der Waals surface area (Å²) in [6.07, 6.45) is 0. The average molecular weight is 677 g/mol. The van der Waals surface area contributed by atoms with Crippen molar-refractivity contribution in [1.82, 2.24) is 9.97 Å². The van der Waals surface area contributed by atoms with E-state index in [-0.39, 0.29) is 0 Å². The molecule has 8 aromatic carbocycles. The van der Waals surface area contributed by atoms with Crippen LogP contribution in [0.2, 0.25) is 0 Å². The number of aromatic nitrogens is 2. The predicted molar refractivity (Wildman–Crippen MR) is 219 cm³/mol. The number of furan rings is 1. The Balaban J connectivity index is 1.26. The van der Waals surface area contributed by atoms with E-state index in [1.807, 2.05) is 24.3 Å². The van der Waals surface area contributed by atoms with Crippen molar-refractivity contribution in [1.29, 1.82) is 0 Å². The van der Waals surface area contributed by atoms with Crippen molar-refractivity contribution in [3.8, 4) is 67.3 Å². The monoisotopic (exact) mass is 676 g/mol. The van der Waals surface area contributed by atoms with Crippen LogP contribution in [0.1, 0.15) is 0 Å². The van der Waals surface area contributed by atoms with E-state index in [4.69, 9.17) is 14.4 Å². The zero-order valence-electron chi connectivity index (χ0n) is 28.8. The smallest absolute Gasteiger partial charge is 0.160 e. The molecule has 0 atom stereocenters. The lowest BCUT2D eigenvalue weighted by molar-refractivity contribution is 0.670. The molecule has 10 rings (SSSR count). The van der Waals surface area contributed by atoms with E-state index in [1.54, 1.807) is 0 Å². The second-order valence-electron chi connectivity index (χ2n) is 13.4. The Kier molecular flexibility index (Phi) is 7.47. The summed E-state index contributed by atoms with van der Waals surface area (Å²) >= 11 is 0. The highest BCUT2D eigenvalue weighted by Gasteiger charge is 2.20. The first-order valence-corrected chi connectivity index (χ1v) is 17.9. The van der Waals surface area contributed by atoms with Gasteiger partial charge >= 0.3 is 0 Å². The third-order valence-corrected chi connectivity index (χ3v) is 10.0. The Morgan fingerprint density at radius 1 is 0.340 bits per heavy atom. The summed E-state index contributed by atoms with van der Waals surface area (Å²) in [6, 6.07) is 68.0. The molecular formula is C50H32N2O. The van der Waals surface area contributed by atoms with Crippen molar-refractivity contribution in [2.45, 2.75) is 0 Å². The molecule has 0 bridgehead atoms. The minimum Gasteiger partial charge on any atom is -0.455 e. The second kappa shape index (κ2) is 12.9. The first-order chi connectivity index (χ1) is 26.2. The molecule has 0 saturated carbocycles. The Labute approximate surface area is 307 Å². The molecule has 0 N–H and O–H groups in total. The SMILES string of the molecule is c1ccc(-c2cc(-c3cc(-c4ccccc4)nc(-c4ccccc4)n3)cc(-c3ccc(-c4ccccc4)c4oc5cc6ccccc6cc5c34)c2)cc1. The van der Waals surface area contributed by atoms with Crippen LogP contribution in [0.25, 0.3) is 100.0 Å². The van der Waals surface area contributed by atoms with Crippen LogP contribution < -0.4 is 0 Å². The van der Waals surface area contributed by atoms with Crippen molar-refractivity contribution < 1.29 is 4.42 Å². The third kappa shape index (κ3) is 5.65. The van der Waals surface area contributed by atoms with Gasteiger partial charge in [0.2, 0.25) is 0 Å². The van der Waals surface area contributed by atoms with Crippen LogP contribution in [-0.2, 0) is 0 Å². The number of hydrogen-bond donors (Lipinski definition) is 0. The van der Waals surface area contributed by atoms with Crippen molar-refractivity contribution in [2.75, 3.05) is 0 Å². The van der Waals surface area contributed by atoms with Gasteiger partial charge < -0.3 is 4.42 Å². The predicted octanol–water partition coefficient (Wildman–Crippen LogP) is 13.5. The minimum atomic E-state index is 0.691. The maximum Gasteiger partial charge on any atom is 0.160 e. The molecule has 0 spiro atoms. The molecule has 0 aliphatic rings. The standard InChI is InChI=1S/C50H32N2O/c1-5-15-33(16-6-1)39-27-40(29-41(28-39)46-32-45(35-19-9-3-10-20-35)51-50(52-46)36-21-11-4-12-22-36)42-25-26-43(34-17-7-2-8-18-34)49-48(42)44-30-37-23-13-14-24-38(37)31-47(44)53-49/h1-32H. The Morgan fingerprint density at radius 3 is 1.53 bits per heavy atom. The molecule has 248 valence electrons. The summed E-state index contributed by atoms with van der Waals surface area (Å²) < 4.78 is 6.85. The van der Waals surface area contributed by atoms with Gasteiger partial charge in [-0.3, -0.25) is 0 Å². The molecule has 2 aromatic heterocycles. The van der Waals surface area contributed by atoms with Gasteiger partial charge in [-0.15, -0.1) is 0 Å². The molecule has 3 heteroatoms. The molecule has 53 heavy (non-hydrogen) atoms. The normalized spacial score (nSPS) is 11.4. The Hall–Kier alpha value is -7.10. The number of rotatable bonds is 6. The Morgan fingerprint density at radius 2 is 0.849 bits per heavy atom. The van der Waals surface area contributed by atoms with Crippen LogP contribution in [-0.4, -0.2) is 9.97 Å². The van der Waals surface area contributed by atoms with Crippen molar-refractivity contribution in [3.63, 3.8) is 0 Å². The van der Waals surface area contributed by atoms with Gasteiger partial charge in [0.25, 0.3) is 0 Å². The second-order valence-corrected chi connectivity index (χ2v) is 13.4. The molecule has 2 heterocycles. The zero-order valence-corrected chi connectivity index (χ0v) is 28.8. The topological polar surface area (TPSA) is 38.9 Å². The van der Waals surface area contributed by atoms with E-state index in [0.717, 1.165) is 88.8 Å². The molecule has 10 aromatic rings. The van der Waals surface area contributed by atoms with E-state index >= 15 is 0 Å². The summed E-state index contributed by atoms with van der Waals surface area (Å²) in [4.78, 5) is 10.3. The number of hydrogen-bond acceptors (Lipinski definition) is 3. The van der Waals surface area contributed by atoms with E-state index < -0.39 is 0 Å². The Bertz CT molecular complexity index is 2860. The summed E-state index contributed by atoms with van der Waals surface area (Å²) in [5, 5.41) is 4.53. The van der Waals surface area contributed by atoms with Gasteiger partial charge in [0.05, 0.1) is 11.4 Å². The largest absolute Gasteiger partial charge is 0.455 e. The van der Waals surface area contributed by atoms with Crippen LogP contribution in [0.15, 0.2) is 199 Å². The van der Waals surface area contributed by atoms with Crippen molar-refractivity contribution in [3.05, 3.63) is 194 Å². The summed E-state index contributed by atoms with van der Waals surface area (Å²) in [5.41, 5.74) is 13.1. The van der Waals surface area contributed by atoms with Gasteiger partial charge in [0.1, 0.15) is 11.2 Å². The van der Waals surface area contributed by atoms with Crippen LogP contribution in [0.4, 0.5) is 0 Å². The highest BCUT2D eigenvalue weighted by atomic mass is 16.3. The van der Waals surface area contributed by atoms with E-state index in [2.05, 4.69) is 170 Å². The summed E-state index contributed by atoms with van der Waals surface area (Å²) in [7, 11) is 0. The molecule has 0 radical (unpaired) electrons. The molecule has 0 aliphatic heterocycles. The fraction of sp³-hybridized carbons (Fsp3) is 0. The molecule has 0 saturated heterocycles. The maximum absolute atomic E-state index is 6.85. The van der Waals surface area contributed by atoms with Gasteiger partial charge in [-0.05, 0) is 81.1 Å². The lowest BCUT2D eigenvalue weighted by atomic mass is 9.90. The van der Waals surface area contributed by atoms with Gasteiger partial charge in [0.15, 0.2) is 5.82 Å². The van der Waals surface area contributed by atoms with Gasteiger partial charge in [-0.1, -0.05) is 152 Å². The maximum atomic E-state index is 6.85. The third-order valence-electron chi connectivity index (χ3n) is 10.0. The number of nitrogens with zero attached hydrogens (tertiary/aromatic N) is 2. The highest BCUT2D eigenvalue weighted by Crippen LogP contribution is 2.44. The number of fused-ring (bicyclic) bond motifs is 4. The van der Waals surface area contributed by atoms with E-state index in [1.165, 1.54) is 5.39 Å². The summed E-state index contributed by atoms with van der Waals surface area (Å²) in [6.45, 7) is 0. The van der Waals surface area contributed by atoms with Crippen LogP contribution in [0, 0.1) is 0 Å². The van der Waals surface area contributed by atoms with Crippen LogP contribution >= 0.6 is 0 Å². The lowest BCUT2D eigenvalue weighted by Gasteiger charge is -2.14. The van der Waals surface area contributed by atoms with E-state index in [9.17, 15) is 0 Å². The van der Waals surface area contributed by atoms with E-state index in [0.29, 0.717) is 5.82 Å². The fourth-order valence-corrected chi connectivity index (χ4v) is 7.45. The molecule has 0 fully saturated rings. The minimum absolute atomic E-state index is 0.691. The molecule has 0 unspecified atom stereocenters. The average Bonchev–Trinajstić information content (AvgIpc) is 3.61. The lowest BCUT2D eigenvalue weighted by Crippen LogP contribution is -1.96. The van der Waals surface area contributed by atoms with Crippen LogP contribution in [0.3, 0.4) is 0 Å². The van der Waals surface area contributed by atoms with Crippen molar-refractivity contribution in [2.24, 2.45) is 0 Å².